The van der Waals surface area contributed by atoms with Crippen molar-refractivity contribution in [1.82, 2.24) is 0 Å². The second kappa shape index (κ2) is 4.65. The highest BCUT2D eigenvalue weighted by Gasteiger charge is 2.48. The lowest BCUT2D eigenvalue weighted by atomic mass is 9.90. The topological polar surface area (TPSA) is 51.2 Å². The highest BCUT2D eigenvalue weighted by atomic mass is 32.2. The van der Waals surface area contributed by atoms with Crippen molar-refractivity contribution in [3.63, 3.8) is 0 Å². The van der Waals surface area contributed by atoms with Crippen LogP contribution in [0.3, 0.4) is 0 Å². The summed E-state index contributed by atoms with van der Waals surface area (Å²) in [6, 6.07) is 4.36. The lowest BCUT2D eigenvalue weighted by Gasteiger charge is -2.27. The summed E-state index contributed by atoms with van der Waals surface area (Å²) in [5.74, 6) is -0.603. The van der Waals surface area contributed by atoms with E-state index in [9.17, 15) is 17.6 Å². The first-order valence-corrected chi connectivity index (χ1v) is 8.53. The highest BCUT2D eigenvalue weighted by Crippen LogP contribution is 2.42. The molecular formula is C15H17FO3S. The third kappa shape index (κ3) is 2.08. The first-order chi connectivity index (χ1) is 9.39. The summed E-state index contributed by atoms with van der Waals surface area (Å²) >= 11 is 0. The molecule has 1 aromatic carbocycles. The Kier molecular flexibility index (Phi) is 3.20. The number of sulfone groups is 1. The van der Waals surface area contributed by atoms with Crippen LogP contribution in [0.1, 0.15) is 41.6 Å². The van der Waals surface area contributed by atoms with Crippen molar-refractivity contribution in [3.05, 3.63) is 35.1 Å². The minimum Gasteiger partial charge on any atom is -0.294 e. The molecule has 2 bridgehead atoms. The monoisotopic (exact) mass is 296 g/mol. The van der Waals surface area contributed by atoms with E-state index in [1.54, 1.807) is 13.0 Å². The number of hydrogen-bond donors (Lipinski definition) is 0. The molecule has 108 valence electrons. The molecular weight excluding hydrogens is 279 g/mol. The molecule has 3 rings (SSSR count). The fourth-order valence-corrected chi connectivity index (χ4v) is 5.93. The number of halogens is 1. The van der Waals surface area contributed by atoms with Gasteiger partial charge in [-0.3, -0.25) is 4.79 Å². The van der Waals surface area contributed by atoms with Gasteiger partial charge in [0.25, 0.3) is 0 Å². The zero-order valence-corrected chi connectivity index (χ0v) is 12.1. The smallest absolute Gasteiger partial charge is 0.166 e. The summed E-state index contributed by atoms with van der Waals surface area (Å²) in [4.78, 5) is 12.5. The van der Waals surface area contributed by atoms with E-state index < -0.39 is 9.84 Å². The van der Waals surface area contributed by atoms with Gasteiger partial charge < -0.3 is 0 Å². The molecule has 2 aliphatic rings. The van der Waals surface area contributed by atoms with Crippen LogP contribution in [0.2, 0.25) is 0 Å². The molecule has 1 aromatic rings. The lowest BCUT2D eigenvalue weighted by molar-refractivity contribution is 0.0905. The van der Waals surface area contributed by atoms with Gasteiger partial charge in [0, 0.05) is 11.5 Å². The fraction of sp³-hybridized carbons (Fsp3) is 0.533. The van der Waals surface area contributed by atoms with Gasteiger partial charge in [0.15, 0.2) is 15.6 Å². The first kappa shape index (κ1) is 13.7. The van der Waals surface area contributed by atoms with E-state index >= 15 is 0 Å². The fourth-order valence-electron chi connectivity index (χ4n) is 3.46. The van der Waals surface area contributed by atoms with Crippen LogP contribution >= 0.6 is 0 Å². The quantitative estimate of drug-likeness (QED) is 0.788. The molecule has 2 atom stereocenters. The molecule has 20 heavy (non-hydrogen) atoms. The second-order valence-electron chi connectivity index (χ2n) is 5.91. The van der Waals surface area contributed by atoms with Gasteiger partial charge in [0.05, 0.1) is 10.5 Å². The van der Waals surface area contributed by atoms with E-state index in [0.29, 0.717) is 36.8 Å². The summed E-state index contributed by atoms with van der Waals surface area (Å²) < 4.78 is 37.3. The van der Waals surface area contributed by atoms with Crippen molar-refractivity contribution in [2.75, 3.05) is 0 Å². The SMILES string of the molecule is Cc1cc(C(=O)C2CC3CCC(C2)S3(=O)=O)ccc1F. The molecule has 0 spiro atoms. The molecule has 2 heterocycles. The minimum absolute atomic E-state index is 0.0418. The van der Waals surface area contributed by atoms with Crippen molar-refractivity contribution >= 4 is 15.6 Å². The average Bonchev–Trinajstić information content (AvgIpc) is 2.60. The standard InChI is InChI=1S/C15H17FO3S/c1-9-6-10(2-5-14(9)16)15(17)11-7-12-3-4-13(8-11)20(12,18)19/h2,5-6,11-13H,3-4,7-8H2,1H3. The predicted molar refractivity (Wildman–Crippen MR) is 73.9 cm³/mol. The van der Waals surface area contributed by atoms with Crippen LogP contribution in [-0.4, -0.2) is 24.7 Å². The Morgan fingerprint density at radius 1 is 1.20 bits per heavy atom. The second-order valence-corrected chi connectivity index (χ2v) is 8.42. The molecule has 0 aromatic heterocycles. The summed E-state index contributed by atoms with van der Waals surface area (Å²) in [6.07, 6.45) is 2.21. The number of Topliss-reactive ketones (excluding diaryl/α,β-unsaturated/α-hetero) is 1. The maximum absolute atomic E-state index is 13.2. The molecule has 5 heteroatoms. The van der Waals surface area contributed by atoms with E-state index in [2.05, 4.69) is 0 Å². The maximum Gasteiger partial charge on any atom is 0.166 e. The van der Waals surface area contributed by atoms with Gasteiger partial charge in [-0.2, -0.15) is 0 Å². The van der Waals surface area contributed by atoms with Crippen molar-refractivity contribution in [2.24, 2.45) is 5.92 Å². The number of carbonyl (C=O) groups excluding carboxylic acids is 1. The number of aryl methyl sites for hydroxylation is 1. The Bertz CT molecular complexity index is 646. The average molecular weight is 296 g/mol. The van der Waals surface area contributed by atoms with Gasteiger partial charge in [-0.25, -0.2) is 12.8 Å². The van der Waals surface area contributed by atoms with Gasteiger partial charge in [0.2, 0.25) is 0 Å². The third-order valence-electron chi connectivity index (χ3n) is 4.65. The van der Waals surface area contributed by atoms with Crippen LogP contribution in [0.25, 0.3) is 0 Å². The Balaban J connectivity index is 1.84. The number of fused-ring (bicyclic) bond motifs is 2. The largest absolute Gasteiger partial charge is 0.294 e. The summed E-state index contributed by atoms with van der Waals surface area (Å²) in [7, 11) is -3.00. The minimum atomic E-state index is -3.00. The van der Waals surface area contributed by atoms with Crippen LogP contribution in [0, 0.1) is 18.7 Å². The van der Waals surface area contributed by atoms with E-state index in [1.807, 2.05) is 0 Å². The number of carbonyl (C=O) groups is 1. The van der Waals surface area contributed by atoms with Crippen LogP contribution in [0.4, 0.5) is 4.39 Å². The van der Waals surface area contributed by atoms with E-state index in [1.165, 1.54) is 12.1 Å². The van der Waals surface area contributed by atoms with Crippen molar-refractivity contribution in [3.8, 4) is 0 Å². The molecule has 2 unspecified atom stereocenters. The normalized spacial score (nSPS) is 31.2. The zero-order valence-electron chi connectivity index (χ0n) is 11.3. The first-order valence-electron chi connectivity index (χ1n) is 6.92. The maximum atomic E-state index is 13.2. The molecule has 0 saturated carbocycles. The Morgan fingerprint density at radius 3 is 2.35 bits per heavy atom. The van der Waals surface area contributed by atoms with Crippen molar-refractivity contribution < 1.29 is 17.6 Å². The number of rotatable bonds is 2. The van der Waals surface area contributed by atoms with E-state index in [-0.39, 0.29) is 28.0 Å². The molecule has 2 saturated heterocycles. The molecule has 3 nitrogen and oxygen atoms in total. The van der Waals surface area contributed by atoms with Gasteiger partial charge in [-0.05, 0) is 56.4 Å². The molecule has 0 amide bonds. The van der Waals surface area contributed by atoms with Gasteiger partial charge >= 0.3 is 0 Å². The Labute approximate surface area is 118 Å². The number of hydrogen-bond acceptors (Lipinski definition) is 3. The number of ketones is 1. The zero-order chi connectivity index (χ0) is 14.5. The van der Waals surface area contributed by atoms with Crippen LogP contribution < -0.4 is 0 Å². The van der Waals surface area contributed by atoms with Crippen LogP contribution in [0.5, 0.6) is 0 Å². The summed E-state index contributed by atoms with van der Waals surface area (Å²) in [6.45, 7) is 1.63. The summed E-state index contributed by atoms with van der Waals surface area (Å²) in [5.41, 5.74) is 0.940. The van der Waals surface area contributed by atoms with E-state index in [0.717, 1.165) is 0 Å². The molecule has 2 aliphatic heterocycles. The molecule has 2 fully saturated rings. The predicted octanol–water partition coefficient (Wildman–Crippen LogP) is 2.67. The van der Waals surface area contributed by atoms with E-state index in [4.69, 9.17) is 0 Å². The van der Waals surface area contributed by atoms with Gasteiger partial charge in [0.1, 0.15) is 5.82 Å². The number of benzene rings is 1. The molecule has 0 radical (unpaired) electrons. The molecule has 0 N–H and O–H groups in total. The van der Waals surface area contributed by atoms with Crippen molar-refractivity contribution in [2.45, 2.75) is 43.1 Å². The van der Waals surface area contributed by atoms with Gasteiger partial charge in [-0.1, -0.05) is 0 Å². The third-order valence-corrected chi connectivity index (χ3v) is 7.36. The Morgan fingerprint density at radius 2 is 1.80 bits per heavy atom. The highest BCUT2D eigenvalue weighted by molar-refractivity contribution is 7.93. The summed E-state index contributed by atoms with van der Waals surface area (Å²) in [5, 5.41) is -0.700. The van der Waals surface area contributed by atoms with Crippen LogP contribution in [0.15, 0.2) is 18.2 Å². The van der Waals surface area contributed by atoms with Crippen LogP contribution in [-0.2, 0) is 9.84 Å². The lowest BCUT2D eigenvalue weighted by Crippen LogP contribution is -2.36. The Hall–Kier alpha value is -1.23. The van der Waals surface area contributed by atoms with Crippen molar-refractivity contribution in [1.29, 1.82) is 0 Å². The molecule has 0 aliphatic carbocycles. The van der Waals surface area contributed by atoms with Gasteiger partial charge in [-0.15, -0.1) is 0 Å².